The second-order valence-electron chi connectivity index (χ2n) is 6.65. The van der Waals surface area contributed by atoms with Crippen LogP contribution in [0.15, 0.2) is 53.3 Å². The Bertz CT molecular complexity index is 1050. The molecule has 6 heteroatoms. The second-order valence-corrected chi connectivity index (χ2v) is 6.65. The van der Waals surface area contributed by atoms with Crippen LogP contribution in [0.25, 0.3) is 10.9 Å². The molecule has 1 saturated heterocycles. The zero-order valence-corrected chi connectivity index (χ0v) is 15.1. The van der Waals surface area contributed by atoms with E-state index in [9.17, 15) is 9.59 Å². The first-order chi connectivity index (χ1) is 13.1. The molecule has 0 aliphatic carbocycles. The molecule has 0 bridgehead atoms. The summed E-state index contributed by atoms with van der Waals surface area (Å²) in [6.45, 7) is 4.76. The zero-order valence-electron chi connectivity index (χ0n) is 15.1. The quantitative estimate of drug-likeness (QED) is 0.750. The highest BCUT2D eigenvalue weighted by molar-refractivity contribution is 6.08. The van der Waals surface area contributed by atoms with Gasteiger partial charge < -0.3 is 19.9 Å². The van der Waals surface area contributed by atoms with Crippen molar-refractivity contribution in [1.82, 2.24) is 4.98 Å². The molecule has 3 aromatic rings. The lowest BCUT2D eigenvalue weighted by Crippen LogP contribution is -2.37. The van der Waals surface area contributed by atoms with Gasteiger partial charge in [0.2, 0.25) is 5.56 Å². The molecule has 2 heterocycles. The maximum Gasteiger partial charge on any atom is 0.257 e. The van der Waals surface area contributed by atoms with Gasteiger partial charge in [-0.3, -0.25) is 9.59 Å². The van der Waals surface area contributed by atoms with Gasteiger partial charge in [-0.15, -0.1) is 0 Å². The number of aromatic amines is 1. The number of hydrogen-bond acceptors (Lipinski definition) is 4. The number of nitrogens with zero attached hydrogens (tertiary/aromatic N) is 1. The van der Waals surface area contributed by atoms with Crippen LogP contribution in [0.5, 0.6) is 0 Å². The number of anilines is 2. The van der Waals surface area contributed by atoms with Crippen molar-refractivity contribution in [1.29, 1.82) is 0 Å². The molecule has 1 fully saturated rings. The van der Waals surface area contributed by atoms with Crippen LogP contribution in [-0.2, 0) is 4.74 Å². The fourth-order valence-electron chi connectivity index (χ4n) is 3.44. The number of morpholine rings is 1. The van der Waals surface area contributed by atoms with Crippen LogP contribution in [0.1, 0.15) is 15.9 Å². The average Bonchev–Trinajstić information content (AvgIpc) is 2.69. The predicted octanol–water partition coefficient (Wildman–Crippen LogP) is 2.93. The Morgan fingerprint density at radius 3 is 2.70 bits per heavy atom. The fourth-order valence-corrected chi connectivity index (χ4v) is 3.44. The third-order valence-electron chi connectivity index (χ3n) is 4.81. The molecule has 0 unspecified atom stereocenters. The van der Waals surface area contributed by atoms with Crippen LogP contribution >= 0.6 is 0 Å². The lowest BCUT2D eigenvalue weighted by Gasteiger charge is -2.30. The Morgan fingerprint density at radius 2 is 1.89 bits per heavy atom. The van der Waals surface area contributed by atoms with Crippen LogP contribution in [0.2, 0.25) is 0 Å². The van der Waals surface area contributed by atoms with Crippen LogP contribution in [0, 0.1) is 6.92 Å². The molecule has 4 rings (SSSR count). The summed E-state index contributed by atoms with van der Waals surface area (Å²) < 4.78 is 5.41. The van der Waals surface area contributed by atoms with Crippen molar-refractivity contribution < 1.29 is 9.53 Å². The van der Waals surface area contributed by atoms with Gasteiger partial charge in [0, 0.05) is 41.4 Å². The maximum absolute atomic E-state index is 12.9. The molecule has 1 amide bonds. The lowest BCUT2D eigenvalue weighted by molar-refractivity contribution is 0.102. The highest BCUT2D eigenvalue weighted by Crippen LogP contribution is 2.24. The topological polar surface area (TPSA) is 74.4 Å². The number of nitrogens with one attached hydrogen (secondary N) is 2. The van der Waals surface area contributed by atoms with Crippen molar-refractivity contribution in [3.05, 3.63) is 70.0 Å². The number of para-hydroxylation sites is 1. The molecule has 138 valence electrons. The normalized spacial score (nSPS) is 14.3. The molecule has 1 aliphatic heterocycles. The van der Waals surface area contributed by atoms with Gasteiger partial charge in [-0.1, -0.05) is 12.1 Å². The number of H-pyrrole nitrogens is 1. The third kappa shape index (κ3) is 3.57. The molecular formula is C21H21N3O3. The van der Waals surface area contributed by atoms with Crippen molar-refractivity contribution in [3.63, 3.8) is 0 Å². The molecule has 2 N–H and O–H groups in total. The largest absolute Gasteiger partial charge is 0.378 e. The smallest absolute Gasteiger partial charge is 0.257 e. The lowest BCUT2D eigenvalue weighted by atomic mass is 10.1. The van der Waals surface area contributed by atoms with E-state index in [1.807, 2.05) is 43.3 Å². The van der Waals surface area contributed by atoms with E-state index in [0.29, 0.717) is 24.5 Å². The van der Waals surface area contributed by atoms with Gasteiger partial charge in [-0.2, -0.15) is 0 Å². The highest BCUT2D eigenvalue weighted by atomic mass is 16.5. The van der Waals surface area contributed by atoms with Gasteiger partial charge in [0.05, 0.1) is 18.8 Å². The van der Waals surface area contributed by atoms with E-state index < -0.39 is 0 Å². The predicted molar refractivity (Wildman–Crippen MR) is 107 cm³/mol. The molecule has 1 aromatic heterocycles. The number of fused-ring (bicyclic) bond motifs is 1. The fraction of sp³-hybridized carbons (Fsp3) is 0.238. The summed E-state index contributed by atoms with van der Waals surface area (Å²) in [5, 5.41) is 3.89. The Kier molecular flexibility index (Phi) is 4.64. The van der Waals surface area contributed by atoms with E-state index in [4.69, 9.17) is 4.74 Å². The maximum atomic E-state index is 12.9. The van der Waals surface area contributed by atoms with Crippen molar-refractivity contribution in [2.24, 2.45) is 0 Å². The van der Waals surface area contributed by atoms with Crippen molar-refractivity contribution in [3.8, 4) is 0 Å². The number of carbonyl (C=O) groups is 1. The Labute approximate surface area is 156 Å². The van der Waals surface area contributed by atoms with Crippen LogP contribution in [0.4, 0.5) is 11.4 Å². The van der Waals surface area contributed by atoms with E-state index >= 15 is 0 Å². The highest BCUT2D eigenvalue weighted by Gasteiger charge is 2.18. The van der Waals surface area contributed by atoms with Gasteiger partial charge in [-0.25, -0.2) is 0 Å². The molecule has 0 spiro atoms. The number of amides is 1. The molecule has 6 nitrogen and oxygen atoms in total. The summed E-state index contributed by atoms with van der Waals surface area (Å²) >= 11 is 0. The second kappa shape index (κ2) is 7.25. The van der Waals surface area contributed by atoms with Gasteiger partial charge >= 0.3 is 0 Å². The number of rotatable bonds is 3. The Hall–Kier alpha value is -3.12. The molecule has 0 atom stereocenters. The number of aryl methyl sites for hydroxylation is 1. The van der Waals surface area contributed by atoms with Gasteiger partial charge in [-0.05, 0) is 42.8 Å². The molecule has 1 aliphatic rings. The first-order valence-electron chi connectivity index (χ1n) is 8.98. The number of benzene rings is 2. The first-order valence-corrected chi connectivity index (χ1v) is 8.98. The monoisotopic (exact) mass is 363 g/mol. The summed E-state index contributed by atoms with van der Waals surface area (Å²) in [6, 6.07) is 14.7. The van der Waals surface area contributed by atoms with Crippen LogP contribution in [-0.4, -0.2) is 37.2 Å². The minimum atomic E-state index is -0.154. The van der Waals surface area contributed by atoms with Gasteiger partial charge in [0.15, 0.2) is 0 Å². The van der Waals surface area contributed by atoms with E-state index in [-0.39, 0.29) is 11.5 Å². The third-order valence-corrected chi connectivity index (χ3v) is 4.81. The SMILES string of the molecule is Cc1cc(=O)[nH]c2ccc(NC(=O)c3ccccc3N3CCOCC3)cc12. The first kappa shape index (κ1) is 17.3. The molecule has 2 aromatic carbocycles. The zero-order chi connectivity index (χ0) is 18.8. The number of hydrogen-bond donors (Lipinski definition) is 2. The number of pyridine rings is 1. The van der Waals surface area contributed by atoms with Crippen LogP contribution in [0.3, 0.4) is 0 Å². The molecular weight excluding hydrogens is 342 g/mol. The standard InChI is InChI=1S/C21H21N3O3/c1-14-12-20(25)23-18-7-6-15(13-17(14)18)22-21(26)16-4-2-3-5-19(16)24-8-10-27-11-9-24/h2-7,12-13H,8-11H2,1H3,(H,22,26)(H,23,25). The van der Waals surface area contributed by atoms with Crippen molar-refractivity contribution >= 4 is 28.2 Å². The van der Waals surface area contributed by atoms with E-state index in [2.05, 4.69) is 15.2 Å². The molecule has 0 saturated carbocycles. The van der Waals surface area contributed by atoms with Crippen molar-refractivity contribution in [2.75, 3.05) is 36.5 Å². The summed E-state index contributed by atoms with van der Waals surface area (Å²) in [5.41, 5.74) is 3.75. The number of aromatic nitrogens is 1. The molecule has 0 radical (unpaired) electrons. The number of carbonyl (C=O) groups excluding carboxylic acids is 1. The minimum Gasteiger partial charge on any atom is -0.378 e. The van der Waals surface area contributed by atoms with E-state index in [0.717, 1.165) is 35.2 Å². The molecule has 27 heavy (non-hydrogen) atoms. The summed E-state index contributed by atoms with van der Waals surface area (Å²) in [6.07, 6.45) is 0. The van der Waals surface area contributed by atoms with E-state index in [1.54, 1.807) is 12.1 Å². The average molecular weight is 363 g/mol. The summed E-state index contributed by atoms with van der Waals surface area (Å²) in [7, 11) is 0. The minimum absolute atomic E-state index is 0.128. The summed E-state index contributed by atoms with van der Waals surface area (Å²) in [5.74, 6) is -0.154. The number of ether oxygens (including phenoxy) is 1. The van der Waals surface area contributed by atoms with Crippen LogP contribution < -0.4 is 15.8 Å². The van der Waals surface area contributed by atoms with Gasteiger partial charge in [0.1, 0.15) is 0 Å². The Morgan fingerprint density at radius 1 is 1.11 bits per heavy atom. The van der Waals surface area contributed by atoms with Gasteiger partial charge in [0.25, 0.3) is 5.91 Å². The summed E-state index contributed by atoms with van der Waals surface area (Å²) in [4.78, 5) is 29.5. The van der Waals surface area contributed by atoms with E-state index in [1.165, 1.54) is 0 Å². The Balaban J connectivity index is 1.63. The van der Waals surface area contributed by atoms with Crippen molar-refractivity contribution in [2.45, 2.75) is 6.92 Å².